The number of pyridine rings is 1. The summed E-state index contributed by atoms with van der Waals surface area (Å²) >= 11 is 0.942. The van der Waals surface area contributed by atoms with E-state index in [0.717, 1.165) is 22.5 Å². The highest BCUT2D eigenvalue weighted by atomic mass is 32.3. The number of β-lactam (4-membered cyclic amide) rings is 1. The Balaban J connectivity index is 1.43. The molecule has 0 radical (unpaired) electrons. The molecular formula is C29H36N9O11S2+. The van der Waals surface area contributed by atoms with Crippen LogP contribution in [0.25, 0.3) is 11.1 Å². The maximum Gasteiger partial charge on any atom is 0.418 e. The van der Waals surface area contributed by atoms with Crippen molar-refractivity contribution in [3.63, 3.8) is 0 Å². The summed E-state index contributed by atoms with van der Waals surface area (Å²) in [4.78, 5) is 59.5. The SMILES string of the molecule is C[n+]1cc(-c2ccc(OCC(O/N=C(\C(=O)N[C@@H]3C(=O)N(OS(=O)(=O)O)C3(C)C)c3csc(N)n3)C(=O)O)cc2)ccc1C(=O)NC(CN)CN. The Hall–Kier alpha value is -5.26. The van der Waals surface area contributed by atoms with Crippen molar-refractivity contribution < 1.29 is 55.7 Å². The molecule has 4 rings (SSSR count). The van der Waals surface area contributed by atoms with E-state index >= 15 is 0 Å². The highest BCUT2D eigenvalue weighted by molar-refractivity contribution is 7.80. The predicted octanol–water partition coefficient (Wildman–Crippen LogP) is -1.67. The number of hydroxylamine groups is 2. The molecule has 2 aromatic heterocycles. The van der Waals surface area contributed by atoms with Crippen molar-refractivity contribution in [1.82, 2.24) is 20.7 Å². The van der Waals surface area contributed by atoms with Gasteiger partial charge >= 0.3 is 22.3 Å². The molecule has 1 fully saturated rings. The van der Waals surface area contributed by atoms with Crippen LogP contribution in [0.3, 0.4) is 0 Å². The van der Waals surface area contributed by atoms with Crippen LogP contribution < -0.4 is 37.1 Å². The smallest absolute Gasteiger partial charge is 0.418 e. The van der Waals surface area contributed by atoms with Gasteiger partial charge in [0, 0.05) is 30.1 Å². The maximum atomic E-state index is 13.2. The van der Waals surface area contributed by atoms with Crippen LogP contribution in [0, 0.1) is 0 Å². The lowest BCUT2D eigenvalue weighted by molar-refractivity contribution is -0.673. The first-order valence-corrected chi connectivity index (χ1v) is 17.1. The Morgan fingerprint density at radius 3 is 2.31 bits per heavy atom. The van der Waals surface area contributed by atoms with E-state index in [9.17, 15) is 32.7 Å². The van der Waals surface area contributed by atoms with Crippen LogP contribution in [0.4, 0.5) is 5.13 Å². The molecule has 0 spiro atoms. The summed E-state index contributed by atoms with van der Waals surface area (Å²) in [6.07, 6.45) is 0.0334. The Kier molecular flexibility index (Phi) is 11.9. The number of aliphatic carboxylic acids is 1. The van der Waals surface area contributed by atoms with E-state index in [-0.39, 0.29) is 41.6 Å². The van der Waals surface area contributed by atoms with Crippen LogP contribution in [-0.4, -0.2) is 101 Å². The summed E-state index contributed by atoms with van der Waals surface area (Å²) in [5.41, 5.74) is 16.8. The number of nitrogens with two attached hydrogens (primary N) is 3. The van der Waals surface area contributed by atoms with Crippen LogP contribution in [0.1, 0.15) is 30.0 Å². The lowest BCUT2D eigenvalue weighted by Crippen LogP contribution is -2.76. The Morgan fingerprint density at radius 1 is 1.14 bits per heavy atom. The van der Waals surface area contributed by atoms with E-state index in [1.165, 1.54) is 19.2 Å². The number of ether oxygens (including phenoxy) is 1. The monoisotopic (exact) mass is 750 g/mol. The van der Waals surface area contributed by atoms with Crippen LogP contribution >= 0.6 is 11.3 Å². The van der Waals surface area contributed by atoms with Gasteiger partial charge in [-0.2, -0.15) is 18.0 Å². The molecule has 1 aliphatic rings. The second-order valence-corrected chi connectivity index (χ2v) is 13.4. The molecule has 0 bridgehead atoms. The summed E-state index contributed by atoms with van der Waals surface area (Å²) in [6, 6.07) is 8.33. The average Bonchev–Trinajstić information content (AvgIpc) is 3.51. The van der Waals surface area contributed by atoms with Gasteiger partial charge in [-0.25, -0.2) is 9.78 Å². The highest BCUT2D eigenvalue weighted by Crippen LogP contribution is 2.33. The van der Waals surface area contributed by atoms with Crippen molar-refractivity contribution in [2.45, 2.75) is 37.6 Å². The molecule has 22 heteroatoms. The summed E-state index contributed by atoms with van der Waals surface area (Å²) in [5.74, 6) is -3.59. The van der Waals surface area contributed by atoms with E-state index in [1.807, 2.05) is 0 Å². The zero-order chi connectivity index (χ0) is 37.7. The molecule has 0 saturated carbocycles. The van der Waals surface area contributed by atoms with Crippen molar-refractivity contribution in [3.05, 3.63) is 59.4 Å². The number of aryl methyl sites for hydroxylation is 1. The number of carbonyl (C=O) groups excluding carboxylic acids is 3. The number of nitrogen functional groups attached to an aromatic ring is 1. The number of anilines is 1. The number of oxime groups is 1. The number of carbonyl (C=O) groups is 4. The van der Waals surface area contributed by atoms with Crippen LogP contribution in [0.5, 0.6) is 5.75 Å². The number of hydrogen-bond acceptors (Lipinski definition) is 15. The normalized spacial score (nSPS) is 16.3. The molecule has 1 unspecified atom stereocenters. The highest BCUT2D eigenvalue weighted by Gasteiger charge is 2.58. The van der Waals surface area contributed by atoms with Crippen molar-refractivity contribution in [1.29, 1.82) is 0 Å². The number of nitrogens with zero attached hydrogens (tertiary/aromatic N) is 4. The third-order valence-electron chi connectivity index (χ3n) is 7.51. The molecule has 3 amide bonds. The van der Waals surface area contributed by atoms with Gasteiger partial charge in [0.25, 0.3) is 23.6 Å². The van der Waals surface area contributed by atoms with Gasteiger partial charge in [0.1, 0.15) is 31.1 Å². The van der Waals surface area contributed by atoms with Gasteiger partial charge in [-0.1, -0.05) is 17.3 Å². The third kappa shape index (κ3) is 9.30. The summed E-state index contributed by atoms with van der Waals surface area (Å²) in [7, 11) is -3.32. The Morgan fingerprint density at radius 2 is 1.78 bits per heavy atom. The minimum absolute atomic E-state index is 0.0400. The van der Waals surface area contributed by atoms with E-state index < -0.39 is 58.2 Å². The fourth-order valence-electron chi connectivity index (χ4n) is 4.69. The number of amides is 3. The number of carboxylic acid groups (broad SMARTS) is 1. The molecule has 1 aliphatic heterocycles. The lowest BCUT2D eigenvalue weighted by Gasteiger charge is -2.50. The number of carboxylic acids is 1. The minimum Gasteiger partial charge on any atom is -0.489 e. The molecule has 1 saturated heterocycles. The number of hydrogen-bond donors (Lipinski definition) is 7. The lowest BCUT2D eigenvalue weighted by atomic mass is 9.84. The second kappa shape index (κ2) is 15.7. The number of thiazole rings is 1. The van der Waals surface area contributed by atoms with Gasteiger partial charge in [0.15, 0.2) is 17.0 Å². The number of rotatable bonds is 16. The summed E-state index contributed by atoms with van der Waals surface area (Å²) in [5, 5.41) is 20.3. The molecule has 2 atom stereocenters. The third-order valence-corrected chi connectivity index (χ3v) is 8.52. The molecule has 1 aromatic carbocycles. The van der Waals surface area contributed by atoms with Crippen molar-refractivity contribution >= 4 is 56.3 Å². The largest absolute Gasteiger partial charge is 0.489 e. The Bertz CT molecular complexity index is 1930. The predicted molar refractivity (Wildman–Crippen MR) is 179 cm³/mol. The molecule has 51 heavy (non-hydrogen) atoms. The van der Waals surface area contributed by atoms with E-state index in [0.29, 0.717) is 10.8 Å². The quantitative estimate of drug-likeness (QED) is 0.0283. The van der Waals surface area contributed by atoms with Crippen LogP contribution in [0.2, 0.25) is 0 Å². The minimum atomic E-state index is -5.03. The zero-order valence-electron chi connectivity index (χ0n) is 27.4. The standard InChI is InChI=1S/C29H35N9O11S2/c1-29(2)23(26(41)38(29)49-51(44,45)46)35-25(40)22(19-14-50-28(32)34-19)36-48-21(27(42)43)13-47-18-7-4-15(5-8-18)16-6-9-20(37(3)12-16)24(39)33-17(10-30)11-31/h4-9,12,14,17,21,23H,10-11,13,30-31H2,1-3H3,(H5-,32,33,34,35,39,40,42,43,44,45,46)/p+1/b36-22-/t21?,23-/m1/s1. The van der Waals surface area contributed by atoms with Gasteiger partial charge in [-0.05, 0) is 37.6 Å². The van der Waals surface area contributed by atoms with Gasteiger partial charge in [0.2, 0.25) is 0 Å². The van der Waals surface area contributed by atoms with E-state index in [2.05, 4.69) is 25.1 Å². The molecule has 10 N–H and O–H groups in total. The van der Waals surface area contributed by atoms with Gasteiger partial charge in [-0.15, -0.1) is 15.6 Å². The average molecular weight is 751 g/mol. The fraction of sp³-hybridized carbons (Fsp3) is 0.345. The topological polar surface area (TPSA) is 305 Å². The maximum absolute atomic E-state index is 13.2. The van der Waals surface area contributed by atoms with Gasteiger partial charge < -0.3 is 42.5 Å². The van der Waals surface area contributed by atoms with Crippen LogP contribution in [-0.2, 0) is 41.0 Å². The van der Waals surface area contributed by atoms with Crippen molar-refractivity contribution in [2.75, 3.05) is 25.4 Å². The first-order chi connectivity index (χ1) is 23.9. The van der Waals surface area contributed by atoms with Crippen molar-refractivity contribution in [3.8, 4) is 16.9 Å². The van der Waals surface area contributed by atoms with E-state index in [1.54, 1.807) is 54.2 Å². The molecule has 274 valence electrons. The number of nitrogens with one attached hydrogen (secondary N) is 2. The van der Waals surface area contributed by atoms with Gasteiger partial charge in [0.05, 0.1) is 11.6 Å². The number of benzene rings is 1. The number of aromatic nitrogens is 2. The fourth-order valence-corrected chi connectivity index (χ4v) is 5.69. The molecule has 3 heterocycles. The molecule has 0 aliphatic carbocycles. The molecule has 3 aromatic rings. The summed E-state index contributed by atoms with van der Waals surface area (Å²) < 4.78 is 42.7. The van der Waals surface area contributed by atoms with Crippen molar-refractivity contribution in [2.24, 2.45) is 23.7 Å². The second-order valence-electron chi connectivity index (χ2n) is 11.5. The van der Waals surface area contributed by atoms with Crippen LogP contribution in [0.15, 0.2) is 53.1 Å². The zero-order valence-corrected chi connectivity index (χ0v) is 29.0. The summed E-state index contributed by atoms with van der Waals surface area (Å²) in [6.45, 7) is 2.56. The molecule has 20 nitrogen and oxygen atoms in total. The van der Waals surface area contributed by atoms with E-state index in [4.69, 9.17) is 31.3 Å². The first kappa shape index (κ1) is 38.5. The first-order valence-electron chi connectivity index (χ1n) is 14.9. The molecular weight excluding hydrogens is 715 g/mol. The Labute approximate surface area is 295 Å². The van der Waals surface area contributed by atoms with Gasteiger partial charge in [-0.3, -0.25) is 18.9 Å².